The Balaban J connectivity index is 1.95. The number of ketones is 1. The zero-order chi connectivity index (χ0) is 22.9. The molecule has 0 spiro atoms. The van der Waals surface area contributed by atoms with E-state index in [-0.39, 0.29) is 5.78 Å². The van der Waals surface area contributed by atoms with Crippen LogP contribution in [0.3, 0.4) is 0 Å². The molecular weight excluding hydrogens is 484 g/mol. The zero-order valence-corrected chi connectivity index (χ0v) is 20.6. The number of Topliss-reactive ketones (excluding diaryl/α,β-unsaturated/α-hetero) is 1. The number of hydrogen-bond acceptors (Lipinski definition) is 6. The summed E-state index contributed by atoms with van der Waals surface area (Å²) in [5.41, 5.74) is 0.305. The van der Waals surface area contributed by atoms with Crippen molar-refractivity contribution in [1.82, 2.24) is 20.0 Å². The van der Waals surface area contributed by atoms with Gasteiger partial charge in [-0.05, 0) is 34.8 Å². The standard InChI is InChI=1S/C20H29BrN4O5Si/c1-31(2,3)12-11-29-14-25-13-18(21)23-19(25)16(22-20(27)28)7-5-4-6-8-17(26)15-9-10-30-24-15/h4-5,9-10,13,16,22H,6-8,11-12,14H2,1-3H3,(H,27,28). The second-order valence-corrected chi connectivity index (χ2v) is 14.7. The Bertz CT molecular complexity index is 877. The Morgan fingerprint density at radius 2 is 2.16 bits per heavy atom. The van der Waals surface area contributed by atoms with E-state index in [9.17, 15) is 14.7 Å². The van der Waals surface area contributed by atoms with E-state index in [1.165, 1.54) is 12.3 Å². The number of hydrogen-bond donors (Lipinski definition) is 2. The van der Waals surface area contributed by atoms with Crippen molar-refractivity contribution in [3.63, 3.8) is 0 Å². The molecule has 0 aliphatic rings. The fraction of sp³-hybridized carbons (Fsp3) is 0.500. The summed E-state index contributed by atoms with van der Waals surface area (Å²) in [5, 5.41) is 15.4. The van der Waals surface area contributed by atoms with E-state index in [0.29, 0.717) is 48.7 Å². The highest BCUT2D eigenvalue weighted by Crippen LogP contribution is 2.21. The molecule has 2 heterocycles. The maximum atomic E-state index is 11.9. The fourth-order valence-electron chi connectivity index (χ4n) is 2.75. The molecule has 2 N–H and O–H groups in total. The normalized spacial score (nSPS) is 12.9. The molecule has 31 heavy (non-hydrogen) atoms. The van der Waals surface area contributed by atoms with Gasteiger partial charge in [-0.25, -0.2) is 9.78 Å². The van der Waals surface area contributed by atoms with Crippen molar-refractivity contribution in [3.8, 4) is 0 Å². The number of amides is 1. The second kappa shape index (κ2) is 12.0. The van der Waals surface area contributed by atoms with Crippen molar-refractivity contribution in [3.05, 3.63) is 46.8 Å². The molecule has 2 aromatic heterocycles. The summed E-state index contributed by atoms with van der Waals surface area (Å²) in [7, 11) is -1.19. The molecule has 2 rings (SSSR count). The summed E-state index contributed by atoms with van der Waals surface area (Å²) < 4.78 is 12.9. The van der Waals surface area contributed by atoms with E-state index in [0.717, 1.165) is 6.04 Å². The van der Waals surface area contributed by atoms with Crippen LogP contribution in [0.4, 0.5) is 4.79 Å². The molecule has 0 bridgehead atoms. The first-order chi connectivity index (χ1) is 14.7. The molecular formula is C20H29BrN4O5Si. The third kappa shape index (κ3) is 9.19. The molecule has 0 saturated carbocycles. The van der Waals surface area contributed by atoms with Gasteiger partial charge in [-0.2, -0.15) is 0 Å². The Labute approximate surface area is 191 Å². The minimum Gasteiger partial charge on any atom is -0.465 e. The first-order valence-electron chi connectivity index (χ1n) is 10.0. The highest BCUT2D eigenvalue weighted by atomic mass is 79.9. The molecule has 1 amide bonds. The fourth-order valence-corrected chi connectivity index (χ4v) is 3.93. The van der Waals surface area contributed by atoms with Gasteiger partial charge < -0.3 is 24.3 Å². The third-order valence-electron chi connectivity index (χ3n) is 4.41. The number of aromatic nitrogens is 3. The molecule has 0 aromatic carbocycles. The van der Waals surface area contributed by atoms with Crippen LogP contribution in [0.15, 0.2) is 39.8 Å². The number of allylic oxidation sites excluding steroid dienone is 1. The third-order valence-corrected chi connectivity index (χ3v) is 6.50. The van der Waals surface area contributed by atoms with Crippen LogP contribution in [0.5, 0.6) is 0 Å². The van der Waals surface area contributed by atoms with Crippen LogP contribution in [0.2, 0.25) is 25.7 Å². The summed E-state index contributed by atoms with van der Waals surface area (Å²) in [6, 6.07) is 2.03. The quantitative estimate of drug-likeness (QED) is 0.170. The molecule has 11 heteroatoms. The van der Waals surface area contributed by atoms with Crippen LogP contribution in [-0.4, -0.2) is 46.4 Å². The lowest BCUT2D eigenvalue weighted by Gasteiger charge is -2.18. The average Bonchev–Trinajstić information content (AvgIpc) is 3.32. The van der Waals surface area contributed by atoms with Crippen molar-refractivity contribution < 1.29 is 24.0 Å². The smallest absolute Gasteiger partial charge is 0.405 e. The van der Waals surface area contributed by atoms with E-state index < -0.39 is 20.2 Å². The molecule has 1 unspecified atom stereocenters. The lowest BCUT2D eigenvalue weighted by Crippen LogP contribution is -2.29. The van der Waals surface area contributed by atoms with Crippen molar-refractivity contribution in [2.45, 2.75) is 57.7 Å². The van der Waals surface area contributed by atoms with Gasteiger partial charge in [0.15, 0.2) is 5.78 Å². The number of nitrogens with one attached hydrogen (secondary N) is 1. The van der Waals surface area contributed by atoms with Crippen LogP contribution in [0.1, 0.15) is 41.6 Å². The van der Waals surface area contributed by atoms with Crippen molar-refractivity contribution >= 4 is 35.9 Å². The van der Waals surface area contributed by atoms with Gasteiger partial charge in [-0.15, -0.1) is 0 Å². The summed E-state index contributed by atoms with van der Waals surface area (Å²) in [6.07, 6.45) is 6.90. The summed E-state index contributed by atoms with van der Waals surface area (Å²) in [5.74, 6) is 0.458. The minimum absolute atomic E-state index is 0.103. The van der Waals surface area contributed by atoms with E-state index in [2.05, 4.69) is 55.6 Å². The number of carboxylic acid groups (broad SMARTS) is 1. The van der Waals surface area contributed by atoms with Gasteiger partial charge in [0.25, 0.3) is 0 Å². The minimum atomic E-state index is -1.19. The number of imidazole rings is 1. The van der Waals surface area contributed by atoms with Crippen LogP contribution in [0.25, 0.3) is 0 Å². The van der Waals surface area contributed by atoms with Crippen molar-refractivity contribution in [1.29, 1.82) is 0 Å². The highest BCUT2D eigenvalue weighted by Gasteiger charge is 2.20. The lowest BCUT2D eigenvalue weighted by atomic mass is 10.1. The van der Waals surface area contributed by atoms with Crippen molar-refractivity contribution in [2.24, 2.45) is 0 Å². The van der Waals surface area contributed by atoms with Crippen molar-refractivity contribution in [2.75, 3.05) is 6.61 Å². The predicted molar refractivity (Wildman–Crippen MR) is 122 cm³/mol. The summed E-state index contributed by atoms with van der Waals surface area (Å²) in [4.78, 5) is 27.7. The number of ether oxygens (including phenoxy) is 1. The number of carbonyl (C=O) groups is 2. The molecule has 0 aliphatic carbocycles. The van der Waals surface area contributed by atoms with E-state index in [1.54, 1.807) is 10.8 Å². The predicted octanol–water partition coefficient (Wildman–Crippen LogP) is 4.86. The largest absolute Gasteiger partial charge is 0.465 e. The van der Waals surface area contributed by atoms with E-state index in [1.807, 2.05) is 12.2 Å². The topological polar surface area (TPSA) is 119 Å². The summed E-state index contributed by atoms with van der Waals surface area (Å²) >= 11 is 3.36. The Morgan fingerprint density at radius 1 is 1.39 bits per heavy atom. The molecule has 9 nitrogen and oxygen atoms in total. The lowest BCUT2D eigenvalue weighted by molar-refractivity contribution is 0.0836. The maximum absolute atomic E-state index is 11.9. The van der Waals surface area contributed by atoms with Gasteiger partial charge in [0.2, 0.25) is 0 Å². The van der Waals surface area contributed by atoms with E-state index in [4.69, 9.17) is 4.74 Å². The first-order valence-corrected chi connectivity index (χ1v) is 14.5. The monoisotopic (exact) mass is 512 g/mol. The molecule has 170 valence electrons. The summed E-state index contributed by atoms with van der Waals surface area (Å²) in [6.45, 7) is 7.81. The van der Waals surface area contributed by atoms with Crippen LogP contribution < -0.4 is 5.32 Å². The van der Waals surface area contributed by atoms with Gasteiger partial charge in [0.05, 0.1) is 6.04 Å². The molecule has 0 saturated heterocycles. The second-order valence-electron chi connectivity index (χ2n) is 8.30. The van der Waals surface area contributed by atoms with E-state index >= 15 is 0 Å². The Morgan fingerprint density at radius 3 is 2.81 bits per heavy atom. The first kappa shape index (κ1) is 25.0. The number of rotatable bonds is 13. The SMILES string of the molecule is C[Si](C)(C)CCOCn1cc(Br)nc1C(CC=CCCC(=O)c1ccon1)NC(=O)O. The van der Waals surface area contributed by atoms with Crippen LogP contribution in [0, 0.1) is 0 Å². The van der Waals surface area contributed by atoms with Gasteiger partial charge >= 0.3 is 6.09 Å². The van der Waals surface area contributed by atoms with Gasteiger partial charge in [-0.3, -0.25) is 4.79 Å². The highest BCUT2D eigenvalue weighted by molar-refractivity contribution is 9.10. The zero-order valence-electron chi connectivity index (χ0n) is 18.0. The number of nitrogens with zero attached hydrogens (tertiary/aromatic N) is 3. The Hall–Kier alpha value is -2.24. The maximum Gasteiger partial charge on any atom is 0.405 e. The van der Waals surface area contributed by atoms with Gasteiger partial charge in [-0.1, -0.05) is 36.9 Å². The molecule has 2 aromatic rings. The van der Waals surface area contributed by atoms with Gasteiger partial charge in [0, 0.05) is 33.4 Å². The van der Waals surface area contributed by atoms with Crippen LogP contribution >= 0.6 is 15.9 Å². The number of halogens is 1. The molecule has 0 aliphatic heterocycles. The van der Waals surface area contributed by atoms with Gasteiger partial charge in [0.1, 0.15) is 29.1 Å². The average molecular weight is 513 g/mol. The Kier molecular flexibility index (Phi) is 9.66. The molecule has 0 fully saturated rings. The molecule has 1 atom stereocenters. The number of carbonyl (C=O) groups excluding carboxylic acids is 1. The van der Waals surface area contributed by atoms with Crippen LogP contribution in [-0.2, 0) is 11.5 Å². The molecule has 0 radical (unpaired) electrons.